The fraction of sp³-hybridized carbons (Fsp3) is 0.812. The van der Waals surface area contributed by atoms with Crippen LogP contribution in [0.3, 0.4) is 0 Å². The van der Waals surface area contributed by atoms with E-state index in [1.165, 1.54) is 38.5 Å². The van der Waals surface area contributed by atoms with E-state index in [9.17, 15) is 0 Å². The van der Waals surface area contributed by atoms with Gasteiger partial charge in [0.2, 0.25) is 11.9 Å². The second-order valence-corrected chi connectivity index (χ2v) is 6.74. The zero-order chi connectivity index (χ0) is 15.4. The molecule has 1 aliphatic heterocycles. The van der Waals surface area contributed by atoms with Crippen LogP contribution in [-0.4, -0.2) is 53.1 Å². The number of hydrogen-bond donors (Lipinski definition) is 1. The zero-order valence-electron chi connectivity index (χ0n) is 13.7. The van der Waals surface area contributed by atoms with Crippen LogP contribution < -0.4 is 10.6 Å². The monoisotopic (exact) mass is 304 g/mol. The highest BCUT2D eigenvalue weighted by Crippen LogP contribution is 2.27. The number of rotatable bonds is 4. The van der Waals surface area contributed by atoms with E-state index >= 15 is 0 Å². The molecule has 1 aromatic rings. The molecular weight excluding hydrogens is 276 g/mol. The molecule has 1 saturated carbocycles. The molecule has 2 N–H and O–H groups in total. The van der Waals surface area contributed by atoms with Gasteiger partial charge in [-0.1, -0.05) is 32.1 Å². The van der Waals surface area contributed by atoms with E-state index in [0.29, 0.717) is 5.95 Å². The number of nitrogen functional groups attached to an aromatic ring is 1. The predicted molar refractivity (Wildman–Crippen MR) is 88.8 cm³/mol. The Bertz CT molecular complexity index is 478. The SMILES string of the molecule is CN1CCN(c2nc(N)nc(CCC3CCCCC3)n2)CC1. The van der Waals surface area contributed by atoms with Gasteiger partial charge >= 0.3 is 0 Å². The molecule has 2 heterocycles. The van der Waals surface area contributed by atoms with Crippen molar-refractivity contribution in [3.05, 3.63) is 5.82 Å². The van der Waals surface area contributed by atoms with Gasteiger partial charge in [-0.2, -0.15) is 15.0 Å². The Hall–Kier alpha value is -1.43. The summed E-state index contributed by atoms with van der Waals surface area (Å²) in [5, 5.41) is 0. The molecule has 0 aromatic carbocycles. The van der Waals surface area contributed by atoms with Gasteiger partial charge in [0.05, 0.1) is 0 Å². The molecule has 1 aromatic heterocycles. The first-order valence-electron chi connectivity index (χ1n) is 8.64. The summed E-state index contributed by atoms with van der Waals surface area (Å²) in [7, 11) is 2.15. The van der Waals surface area contributed by atoms with Crippen LogP contribution in [0.1, 0.15) is 44.3 Å². The second-order valence-electron chi connectivity index (χ2n) is 6.74. The molecule has 0 radical (unpaired) electrons. The van der Waals surface area contributed by atoms with Gasteiger partial charge in [0.25, 0.3) is 0 Å². The quantitative estimate of drug-likeness (QED) is 0.913. The minimum absolute atomic E-state index is 0.363. The molecule has 122 valence electrons. The third-order valence-corrected chi connectivity index (χ3v) is 4.97. The zero-order valence-corrected chi connectivity index (χ0v) is 13.7. The fourth-order valence-corrected chi connectivity index (χ4v) is 3.49. The van der Waals surface area contributed by atoms with E-state index in [0.717, 1.165) is 50.3 Å². The number of nitrogens with two attached hydrogens (primary N) is 1. The third-order valence-electron chi connectivity index (χ3n) is 4.97. The molecule has 0 spiro atoms. The maximum Gasteiger partial charge on any atom is 0.230 e. The molecule has 3 rings (SSSR count). The molecule has 2 aliphatic rings. The minimum atomic E-state index is 0.363. The molecule has 2 fully saturated rings. The predicted octanol–water partition coefficient (Wildman–Crippen LogP) is 1.72. The normalized spacial score (nSPS) is 21.2. The van der Waals surface area contributed by atoms with Crippen LogP contribution in [0.15, 0.2) is 0 Å². The maximum absolute atomic E-state index is 5.90. The molecule has 22 heavy (non-hydrogen) atoms. The van der Waals surface area contributed by atoms with Crippen LogP contribution in [0.2, 0.25) is 0 Å². The lowest BCUT2D eigenvalue weighted by atomic mass is 9.86. The Labute approximate surface area is 133 Å². The minimum Gasteiger partial charge on any atom is -0.368 e. The van der Waals surface area contributed by atoms with Crippen LogP contribution in [0.5, 0.6) is 0 Å². The highest BCUT2D eigenvalue weighted by atomic mass is 15.3. The molecule has 0 atom stereocenters. The lowest BCUT2D eigenvalue weighted by molar-refractivity contribution is 0.310. The Morgan fingerprint density at radius 1 is 1.00 bits per heavy atom. The summed E-state index contributed by atoms with van der Waals surface area (Å²) in [6, 6.07) is 0. The molecule has 1 saturated heterocycles. The standard InChI is InChI=1S/C16H28N6/c1-21-9-11-22(12-10-21)16-19-14(18-15(17)20-16)8-7-13-5-3-2-4-6-13/h13H,2-12H2,1H3,(H2,17,18,19,20). The van der Waals surface area contributed by atoms with E-state index in [1.54, 1.807) is 0 Å². The highest BCUT2D eigenvalue weighted by molar-refractivity contribution is 5.35. The van der Waals surface area contributed by atoms with Crippen LogP contribution >= 0.6 is 0 Å². The van der Waals surface area contributed by atoms with Crippen LogP contribution in [0.25, 0.3) is 0 Å². The van der Waals surface area contributed by atoms with Gasteiger partial charge in [-0.25, -0.2) is 0 Å². The average molecular weight is 304 g/mol. The third kappa shape index (κ3) is 4.06. The largest absolute Gasteiger partial charge is 0.368 e. The molecular formula is C16H28N6. The number of aryl methyl sites for hydroxylation is 1. The topological polar surface area (TPSA) is 71.2 Å². The van der Waals surface area contributed by atoms with Crippen molar-refractivity contribution in [1.29, 1.82) is 0 Å². The van der Waals surface area contributed by atoms with Crippen LogP contribution in [-0.2, 0) is 6.42 Å². The van der Waals surface area contributed by atoms with Crippen LogP contribution in [0, 0.1) is 5.92 Å². The Balaban J connectivity index is 1.61. The van der Waals surface area contributed by atoms with Gasteiger partial charge in [0, 0.05) is 32.6 Å². The summed E-state index contributed by atoms with van der Waals surface area (Å²) in [4.78, 5) is 17.9. The van der Waals surface area contributed by atoms with Crippen molar-refractivity contribution in [3.63, 3.8) is 0 Å². The molecule has 6 nitrogen and oxygen atoms in total. The molecule has 0 unspecified atom stereocenters. The number of anilines is 2. The smallest absolute Gasteiger partial charge is 0.230 e. The van der Waals surface area contributed by atoms with Crippen molar-refractivity contribution in [2.24, 2.45) is 5.92 Å². The summed E-state index contributed by atoms with van der Waals surface area (Å²) in [6.07, 6.45) is 9.03. The Kier molecular flexibility index (Phi) is 5.08. The van der Waals surface area contributed by atoms with Crippen molar-refractivity contribution in [1.82, 2.24) is 19.9 Å². The van der Waals surface area contributed by atoms with Gasteiger partial charge in [-0.05, 0) is 19.4 Å². The molecule has 6 heteroatoms. The molecule has 0 bridgehead atoms. The first-order chi connectivity index (χ1) is 10.7. The van der Waals surface area contributed by atoms with Gasteiger partial charge in [0.1, 0.15) is 5.82 Å². The Morgan fingerprint density at radius 3 is 2.45 bits per heavy atom. The maximum atomic E-state index is 5.90. The number of piperazine rings is 1. The first kappa shape index (κ1) is 15.5. The number of aromatic nitrogens is 3. The van der Waals surface area contributed by atoms with E-state index in [-0.39, 0.29) is 0 Å². The second kappa shape index (κ2) is 7.22. The van der Waals surface area contributed by atoms with Gasteiger partial charge in [0.15, 0.2) is 0 Å². The van der Waals surface area contributed by atoms with E-state index in [2.05, 4.69) is 31.8 Å². The van der Waals surface area contributed by atoms with E-state index < -0.39 is 0 Å². The summed E-state index contributed by atoms with van der Waals surface area (Å²) < 4.78 is 0. The van der Waals surface area contributed by atoms with Gasteiger partial charge in [-0.15, -0.1) is 0 Å². The average Bonchev–Trinajstić information content (AvgIpc) is 2.54. The number of likely N-dealkylation sites (N-methyl/N-ethyl adjacent to an activating group) is 1. The number of hydrogen-bond acceptors (Lipinski definition) is 6. The van der Waals surface area contributed by atoms with Crippen molar-refractivity contribution in [2.45, 2.75) is 44.9 Å². The lowest BCUT2D eigenvalue weighted by Gasteiger charge is -2.32. The van der Waals surface area contributed by atoms with E-state index in [4.69, 9.17) is 5.73 Å². The fourth-order valence-electron chi connectivity index (χ4n) is 3.49. The molecule has 1 aliphatic carbocycles. The summed E-state index contributed by atoms with van der Waals surface area (Å²) in [6.45, 7) is 4.01. The van der Waals surface area contributed by atoms with Crippen molar-refractivity contribution in [3.8, 4) is 0 Å². The first-order valence-corrected chi connectivity index (χ1v) is 8.64. The summed E-state index contributed by atoms with van der Waals surface area (Å²) in [5.41, 5.74) is 5.90. The van der Waals surface area contributed by atoms with Crippen molar-refractivity contribution < 1.29 is 0 Å². The lowest BCUT2D eigenvalue weighted by Crippen LogP contribution is -2.45. The Morgan fingerprint density at radius 2 is 1.73 bits per heavy atom. The van der Waals surface area contributed by atoms with Crippen molar-refractivity contribution in [2.75, 3.05) is 43.9 Å². The number of nitrogens with zero attached hydrogens (tertiary/aromatic N) is 5. The van der Waals surface area contributed by atoms with Gasteiger partial charge in [-0.3, -0.25) is 0 Å². The summed E-state index contributed by atoms with van der Waals surface area (Å²) in [5.74, 6) is 2.84. The molecule has 0 amide bonds. The van der Waals surface area contributed by atoms with E-state index in [1.807, 2.05) is 0 Å². The summed E-state index contributed by atoms with van der Waals surface area (Å²) >= 11 is 0. The van der Waals surface area contributed by atoms with Crippen LogP contribution in [0.4, 0.5) is 11.9 Å². The van der Waals surface area contributed by atoms with Crippen molar-refractivity contribution >= 4 is 11.9 Å². The van der Waals surface area contributed by atoms with Gasteiger partial charge < -0.3 is 15.5 Å². The highest BCUT2D eigenvalue weighted by Gasteiger charge is 2.19.